The van der Waals surface area contributed by atoms with Gasteiger partial charge in [0.15, 0.2) is 6.29 Å². The van der Waals surface area contributed by atoms with Gasteiger partial charge in [-0.1, -0.05) is 0 Å². The smallest absolute Gasteiger partial charge is 0.184 e. The van der Waals surface area contributed by atoms with Crippen molar-refractivity contribution in [3.8, 4) is 0 Å². The third kappa shape index (κ3) is 2.00. The molecule has 1 saturated heterocycles. The van der Waals surface area contributed by atoms with Crippen LogP contribution in [0.2, 0.25) is 0 Å². The molecule has 0 aromatic heterocycles. The highest BCUT2D eigenvalue weighted by Gasteiger charge is 2.43. The molecule has 1 aliphatic heterocycles. The highest BCUT2D eigenvalue weighted by Crippen LogP contribution is 2.23. The van der Waals surface area contributed by atoms with Gasteiger partial charge < -0.3 is 24.4 Å². The van der Waals surface area contributed by atoms with E-state index >= 15 is 0 Å². The SMILES string of the molecule is CO[C@@H]1[C@@H](O)[C@@H](C)O[C@@H](O)[C@@H]1OC. The first-order valence-electron chi connectivity index (χ1n) is 4.19. The van der Waals surface area contributed by atoms with E-state index < -0.39 is 30.7 Å². The lowest BCUT2D eigenvalue weighted by molar-refractivity contribution is -0.287. The topological polar surface area (TPSA) is 68.2 Å². The molecule has 0 unspecified atom stereocenters. The highest BCUT2D eigenvalue weighted by atomic mass is 16.7. The Bertz CT molecular complexity index is 163. The summed E-state index contributed by atoms with van der Waals surface area (Å²) in [6.07, 6.45) is -3.47. The van der Waals surface area contributed by atoms with Crippen molar-refractivity contribution in [2.75, 3.05) is 14.2 Å². The van der Waals surface area contributed by atoms with E-state index in [1.54, 1.807) is 6.92 Å². The molecule has 1 heterocycles. The van der Waals surface area contributed by atoms with Gasteiger partial charge in [0.1, 0.15) is 18.3 Å². The summed E-state index contributed by atoms with van der Waals surface area (Å²) in [6, 6.07) is 0. The first-order valence-corrected chi connectivity index (χ1v) is 4.19. The van der Waals surface area contributed by atoms with Gasteiger partial charge in [0.2, 0.25) is 0 Å². The van der Waals surface area contributed by atoms with Crippen LogP contribution in [0.5, 0.6) is 0 Å². The van der Waals surface area contributed by atoms with Gasteiger partial charge in [-0.3, -0.25) is 0 Å². The molecule has 1 rings (SSSR count). The molecule has 0 radical (unpaired) electrons. The van der Waals surface area contributed by atoms with Gasteiger partial charge >= 0.3 is 0 Å². The molecule has 0 amide bonds. The molecule has 2 N–H and O–H groups in total. The summed E-state index contributed by atoms with van der Waals surface area (Å²) >= 11 is 0. The summed E-state index contributed by atoms with van der Waals surface area (Å²) in [5.74, 6) is 0. The van der Waals surface area contributed by atoms with E-state index in [4.69, 9.17) is 14.2 Å². The average Bonchev–Trinajstić information content (AvgIpc) is 2.10. The van der Waals surface area contributed by atoms with Crippen LogP contribution in [0.25, 0.3) is 0 Å². The molecule has 13 heavy (non-hydrogen) atoms. The Balaban J connectivity index is 2.71. The minimum Gasteiger partial charge on any atom is -0.388 e. The van der Waals surface area contributed by atoms with E-state index in [-0.39, 0.29) is 0 Å². The Morgan fingerprint density at radius 1 is 1.08 bits per heavy atom. The molecule has 0 saturated carbocycles. The van der Waals surface area contributed by atoms with Gasteiger partial charge in [0.05, 0.1) is 6.10 Å². The lowest BCUT2D eigenvalue weighted by Crippen LogP contribution is -2.57. The van der Waals surface area contributed by atoms with Crippen molar-refractivity contribution in [2.24, 2.45) is 0 Å². The first-order chi connectivity index (χ1) is 6.11. The fraction of sp³-hybridized carbons (Fsp3) is 1.00. The molecule has 0 aliphatic carbocycles. The summed E-state index contributed by atoms with van der Waals surface area (Å²) in [6.45, 7) is 1.67. The second kappa shape index (κ2) is 4.34. The van der Waals surface area contributed by atoms with E-state index in [2.05, 4.69) is 0 Å². The van der Waals surface area contributed by atoms with Gasteiger partial charge in [0.25, 0.3) is 0 Å². The molecule has 0 bridgehead atoms. The number of aliphatic hydroxyl groups excluding tert-OH is 2. The standard InChI is InChI=1S/C8H16O5/c1-4-5(9)6(11-2)7(12-3)8(10)13-4/h4-10H,1-3H3/t4-,5+,6-,7-,8-/m1/s1. The monoisotopic (exact) mass is 192 g/mol. The van der Waals surface area contributed by atoms with E-state index in [0.29, 0.717) is 0 Å². The largest absolute Gasteiger partial charge is 0.388 e. The normalized spacial score (nSPS) is 46.4. The number of methoxy groups -OCH3 is 2. The van der Waals surface area contributed by atoms with Crippen LogP contribution >= 0.6 is 0 Å². The van der Waals surface area contributed by atoms with Crippen LogP contribution in [-0.4, -0.2) is 55.1 Å². The molecule has 0 spiro atoms. The number of rotatable bonds is 2. The average molecular weight is 192 g/mol. The third-order valence-electron chi connectivity index (χ3n) is 2.32. The van der Waals surface area contributed by atoms with Crippen LogP contribution in [0.4, 0.5) is 0 Å². The van der Waals surface area contributed by atoms with Crippen LogP contribution in [0, 0.1) is 0 Å². The summed E-state index contributed by atoms with van der Waals surface area (Å²) in [4.78, 5) is 0. The zero-order valence-electron chi connectivity index (χ0n) is 8.01. The van der Waals surface area contributed by atoms with Crippen LogP contribution in [0.15, 0.2) is 0 Å². The number of hydrogen-bond acceptors (Lipinski definition) is 5. The van der Waals surface area contributed by atoms with Crippen molar-refractivity contribution >= 4 is 0 Å². The van der Waals surface area contributed by atoms with E-state index in [1.807, 2.05) is 0 Å². The summed E-state index contributed by atoms with van der Waals surface area (Å²) < 4.78 is 15.0. The molecular formula is C8H16O5. The van der Waals surface area contributed by atoms with Crippen LogP contribution in [-0.2, 0) is 14.2 Å². The van der Waals surface area contributed by atoms with Crippen molar-refractivity contribution in [2.45, 2.75) is 37.6 Å². The number of aliphatic hydroxyl groups is 2. The molecule has 1 fully saturated rings. The van der Waals surface area contributed by atoms with Crippen molar-refractivity contribution < 1.29 is 24.4 Å². The third-order valence-corrected chi connectivity index (χ3v) is 2.32. The van der Waals surface area contributed by atoms with Gasteiger partial charge in [0, 0.05) is 14.2 Å². The summed E-state index contributed by atoms with van der Waals surface area (Å²) in [5.41, 5.74) is 0. The molecule has 5 nitrogen and oxygen atoms in total. The van der Waals surface area contributed by atoms with Gasteiger partial charge in [-0.15, -0.1) is 0 Å². The van der Waals surface area contributed by atoms with Crippen molar-refractivity contribution in [1.29, 1.82) is 0 Å². The van der Waals surface area contributed by atoms with E-state index in [0.717, 1.165) is 0 Å². The first kappa shape index (κ1) is 10.9. The molecule has 78 valence electrons. The van der Waals surface area contributed by atoms with Crippen LogP contribution in [0.3, 0.4) is 0 Å². The van der Waals surface area contributed by atoms with E-state index in [1.165, 1.54) is 14.2 Å². The zero-order valence-corrected chi connectivity index (χ0v) is 8.01. The maximum atomic E-state index is 9.62. The second-order valence-corrected chi connectivity index (χ2v) is 3.12. The Morgan fingerprint density at radius 3 is 2.08 bits per heavy atom. The van der Waals surface area contributed by atoms with E-state index in [9.17, 15) is 10.2 Å². The highest BCUT2D eigenvalue weighted by molar-refractivity contribution is 4.88. The second-order valence-electron chi connectivity index (χ2n) is 3.12. The lowest BCUT2D eigenvalue weighted by atomic mass is 10.00. The Hall–Kier alpha value is -0.200. The Kier molecular flexibility index (Phi) is 3.63. The number of ether oxygens (including phenoxy) is 3. The quantitative estimate of drug-likeness (QED) is 0.594. The fourth-order valence-electron chi connectivity index (χ4n) is 1.53. The minimum absolute atomic E-state index is 0.452. The van der Waals surface area contributed by atoms with Gasteiger partial charge in [-0.2, -0.15) is 0 Å². The Labute approximate surface area is 77.2 Å². The maximum absolute atomic E-state index is 9.62. The number of hydrogen-bond donors (Lipinski definition) is 2. The summed E-state index contributed by atoms with van der Waals surface area (Å²) in [7, 11) is 2.90. The van der Waals surface area contributed by atoms with Crippen molar-refractivity contribution in [3.05, 3.63) is 0 Å². The van der Waals surface area contributed by atoms with Crippen molar-refractivity contribution in [3.63, 3.8) is 0 Å². The van der Waals surface area contributed by atoms with Crippen molar-refractivity contribution in [1.82, 2.24) is 0 Å². The molecule has 0 aromatic carbocycles. The predicted molar refractivity (Wildman–Crippen MR) is 44.2 cm³/mol. The molecule has 0 aromatic rings. The molecular weight excluding hydrogens is 176 g/mol. The Morgan fingerprint density at radius 2 is 1.62 bits per heavy atom. The fourth-order valence-corrected chi connectivity index (χ4v) is 1.53. The van der Waals surface area contributed by atoms with Crippen LogP contribution < -0.4 is 0 Å². The lowest BCUT2D eigenvalue weighted by Gasteiger charge is -2.40. The maximum Gasteiger partial charge on any atom is 0.184 e. The predicted octanol–water partition coefficient (Wildman–Crippen LogP) is -0.886. The molecule has 5 atom stereocenters. The van der Waals surface area contributed by atoms with Crippen LogP contribution in [0.1, 0.15) is 6.92 Å². The molecule has 5 heteroatoms. The zero-order chi connectivity index (χ0) is 10.0. The van der Waals surface area contributed by atoms with Gasteiger partial charge in [-0.25, -0.2) is 0 Å². The molecule has 1 aliphatic rings. The van der Waals surface area contributed by atoms with Gasteiger partial charge in [-0.05, 0) is 6.92 Å². The summed E-state index contributed by atoms with van der Waals surface area (Å²) in [5, 5.41) is 19.0. The minimum atomic E-state index is -1.05.